The fourth-order valence-electron chi connectivity index (χ4n) is 5.05. The van der Waals surface area contributed by atoms with Gasteiger partial charge in [0.25, 0.3) is 0 Å². The molecule has 180 valence electrons. The summed E-state index contributed by atoms with van der Waals surface area (Å²) >= 11 is 0. The largest absolute Gasteiger partial charge is 0.394 e. The van der Waals surface area contributed by atoms with Gasteiger partial charge in [0.1, 0.15) is 5.84 Å². The Bertz CT molecular complexity index is 1060. The average molecular weight is 463 g/mol. The lowest BCUT2D eigenvalue weighted by Gasteiger charge is -2.34. The summed E-state index contributed by atoms with van der Waals surface area (Å²) in [6.07, 6.45) is 4.00. The lowest BCUT2D eigenvalue weighted by molar-refractivity contribution is -0.128. The lowest BCUT2D eigenvalue weighted by Crippen LogP contribution is -2.45. The summed E-state index contributed by atoms with van der Waals surface area (Å²) in [6.45, 7) is 6.71. The smallest absolute Gasteiger partial charge is 0.219 e. The number of hydrogen-bond donors (Lipinski definition) is 3. The van der Waals surface area contributed by atoms with Gasteiger partial charge in [0.05, 0.1) is 25.3 Å². The van der Waals surface area contributed by atoms with Crippen molar-refractivity contribution in [1.29, 1.82) is 10.7 Å². The maximum absolute atomic E-state index is 12.2. The number of amidine groups is 1. The van der Waals surface area contributed by atoms with E-state index in [4.69, 9.17) is 4.74 Å². The van der Waals surface area contributed by atoms with Crippen molar-refractivity contribution in [3.8, 4) is 6.07 Å². The van der Waals surface area contributed by atoms with E-state index in [9.17, 15) is 15.5 Å². The molecule has 1 aromatic rings. The van der Waals surface area contributed by atoms with Crippen LogP contribution in [0.3, 0.4) is 0 Å². The van der Waals surface area contributed by atoms with E-state index >= 15 is 0 Å². The normalized spacial score (nSPS) is 22.5. The Kier molecular flexibility index (Phi) is 7.23. The zero-order chi connectivity index (χ0) is 24.2. The second-order valence-corrected chi connectivity index (χ2v) is 9.26. The van der Waals surface area contributed by atoms with E-state index in [0.29, 0.717) is 44.9 Å². The van der Waals surface area contributed by atoms with Crippen molar-refractivity contribution in [2.75, 3.05) is 44.8 Å². The number of fused-ring (bicyclic) bond motifs is 1. The van der Waals surface area contributed by atoms with Crippen LogP contribution >= 0.6 is 0 Å². The van der Waals surface area contributed by atoms with Crippen LogP contribution in [0.1, 0.15) is 50.2 Å². The third-order valence-corrected chi connectivity index (χ3v) is 6.97. The van der Waals surface area contributed by atoms with Gasteiger partial charge in [-0.05, 0) is 48.4 Å². The number of allylic oxidation sites excluding steroid dienone is 1. The van der Waals surface area contributed by atoms with Crippen molar-refractivity contribution in [2.24, 2.45) is 0 Å². The number of amides is 1. The third-order valence-electron chi connectivity index (χ3n) is 6.97. The van der Waals surface area contributed by atoms with E-state index in [1.54, 1.807) is 11.8 Å². The summed E-state index contributed by atoms with van der Waals surface area (Å²) in [6, 6.07) is 8.85. The molecule has 0 aromatic heterocycles. The SMILES string of the molecule is CN/C=C(\C)c1ccc2c(c1)C(CC#N)CN2C(=N)C1=C(NC2CCOC2)CCN(C(C)=O)C1. The maximum Gasteiger partial charge on any atom is 0.219 e. The summed E-state index contributed by atoms with van der Waals surface area (Å²) in [5.74, 6) is 0.467. The monoisotopic (exact) mass is 462 g/mol. The van der Waals surface area contributed by atoms with E-state index in [-0.39, 0.29) is 17.9 Å². The molecule has 4 rings (SSSR count). The molecule has 0 spiro atoms. The van der Waals surface area contributed by atoms with Gasteiger partial charge in [-0.1, -0.05) is 6.07 Å². The van der Waals surface area contributed by atoms with Gasteiger partial charge in [-0.25, -0.2) is 0 Å². The second-order valence-electron chi connectivity index (χ2n) is 9.26. The number of ether oxygens (including phenoxy) is 1. The van der Waals surface area contributed by atoms with Gasteiger partial charge in [-0.3, -0.25) is 10.2 Å². The Labute approximate surface area is 201 Å². The molecule has 34 heavy (non-hydrogen) atoms. The van der Waals surface area contributed by atoms with Crippen LogP contribution in [0.15, 0.2) is 35.7 Å². The minimum Gasteiger partial charge on any atom is -0.394 e. The Morgan fingerprint density at radius 2 is 2.21 bits per heavy atom. The van der Waals surface area contributed by atoms with Gasteiger partial charge in [0.2, 0.25) is 5.91 Å². The number of hydrogen-bond acceptors (Lipinski definition) is 6. The third kappa shape index (κ3) is 4.80. The predicted octanol–water partition coefficient (Wildman–Crippen LogP) is 2.95. The maximum atomic E-state index is 12.2. The molecule has 1 fully saturated rings. The molecule has 0 saturated carbocycles. The van der Waals surface area contributed by atoms with Gasteiger partial charge < -0.3 is 25.2 Å². The number of rotatable bonds is 6. The quantitative estimate of drug-likeness (QED) is 0.444. The molecule has 0 aliphatic carbocycles. The Morgan fingerprint density at radius 3 is 2.88 bits per heavy atom. The number of carbonyl (C=O) groups is 1. The standard InChI is InChI=1S/C26H34N6O2/c1-17(13-29-3)19-4-5-25-22(12-19)20(6-9-27)14-32(25)26(28)23-15-31(18(2)33)10-7-24(23)30-21-8-11-34-16-21/h4-5,12-13,20-21,28-30H,6-8,10-11,14-16H2,1-3H3/b17-13+,28-26?. The minimum atomic E-state index is 0.0224. The summed E-state index contributed by atoms with van der Waals surface area (Å²) in [5, 5.41) is 25.4. The Hall–Kier alpha value is -3.31. The van der Waals surface area contributed by atoms with Gasteiger partial charge >= 0.3 is 0 Å². The van der Waals surface area contributed by atoms with Crippen molar-refractivity contribution in [1.82, 2.24) is 15.5 Å². The van der Waals surface area contributed by atoms with Crippen molar-refractivity contribution in [3.05, 3.63) is 46.8 Å². The molecule has 3 aliphatic heterocycles. The first-order chi connectivity index (χ1) is 16.4. The highest BCUT2D eigenvalue weighted by molar-refractivity contribution is 6.10. The summed E-state index contributed by atoms with van der Waals surface area (Å²) in [7, 11) is 1.88. The van der Waals surface area contributed by atoms with Crippen molar-refractivity contribution in [2.45, 2.75) is 45.1 Å². The second kappa shape index (κ2) is 10.3. The van der Waals surface area contributed by atoms with Crippen LogP contribution in [0.4, 0.5) is 5.69 Å². The van der Waals surface area contributed by atoms with Crippen molar-refractivity contribution < 1.29 is 9.53 Å². The van der Waals surface area contributed by atoms with Crippen molar-refractivity contribution in [3.63, 3.8) is 0 Å². The molecule has 2 atom stereocenters. The molecule has 1 amide bonds. The predicted molar refractivity (Wildman–Crippen MR) is 133 cm³/mol. The lowest BCUT2D eigenvalue weighted by atomic mass is 9.95. The van der Waals surface area contributed by atoms with Crippen LogP contribution < -0.4 is 15.5 Å². The molecular formula is C26H34N6O2. The van der Waals surface area contributed by atoms with Crippen molar-refractivity contribution >= 4 is 23.0 Å². The summed E-state index contributed by atoms with van der Waals surface area (Å²) in [5.41, 5.74) is 6.19. The zero-order valence-electron chi connectivity index (χ0n) is 20.3. The first-order valence-electron chi connectivity index (χ1n) is 12.0. The number of nitrogens with zero attached hydrogens (tertiary/aromatic N) is 3. The topological polar surface area (TPSA) is 104 Å². The van der Waals surface area contributed by atoms with Gasteiger partial charge in [0, 0.05) is 69.4 Å². The molecule has 3 heterocycles. The first kappa shape index (κ1) is 23.8. The van der Waals surface area contributed by atoms with Crippen LogP contribution in [-0.2, 0) is 9.53 Å². The molecule has 8 nitrogen and oxygen atoms in total. The van der Waals surface area contributed by atoms with Crippen LogP contribution in [0.2, 0.25) is 0 Å². The number of nitrogens with one attached hydrogen (secondary N) is 3. The molecule has 2 unspecified atom stereocenters. The zero-order valence-corrected chi connectivity index (χ0v) is 20.3. The van der Waals surface area contributed by atoms with Gasteiger partial charge in [-0.2, -0.15) is 5.26 Å². The van der Waals surface area contributed by atoms with Crippen LogP contribution in [0.25, 0.3) is 5.57 Å². The molecule has 3 aliphatic rings. The highest BCUT2D eigenvalue weighted by Crippen LogP contribution is 2.40. The van der Waals surface area contributed by atoms with E-state index in [1.807, 2.05) is 18.1 Å². The molecule has 1 saturated heterocycles. The Balaban J connectivity index is 1.68. The molecular weight excluding hydrogens is 428 g/mol. The summed E-state index contributed by atoms with van der Waals surface area (Å²) in [4.78, 5) is 16.0. The first-order valence-corrected chi connectivity index (χ1v) is 12.0. The fraction of sp³-hybridized carbons (Fsp3) is 0.500. The van der Waals surface area contributed by atoms with Gasteiger partial charge in [-0.15, -0.1) is 0 Å². The molecule has 0 radical (unpaired) electrons. The fourth-order valence-corrected chi connectivity index (χ4v) is 5.05. The van der Waals surface area contributed by atoms with Gasteiger partial charge in [0.15, 0.2) is 0 Å². The van der Waals surface area contributed by atoms with E-state index < -0.39 is 0 Å². The highest BCUT2D eigenvalue weighted by Gasteiger charge is 2.35. The molecule has 0 bridgehead atoms. The number of benzene rings is 1. The van der Waals surface area contributed by atoms with E-state index in [2.05, 4.69) is 41.8 Å². The van der Waals surface area contributed by atoms with Crippen LogP contribution in [0.5, 0.6) is 0 Å². The van der Waals surface area contributed by atoms with E-state index in [0.717, 1.165) is 46.7 Å². The van der Waals surface area contributed by atoms with Crippen LogP contribution in [0, 0.1) is 16.7 Å². The summed E-state index contributed by atoms with van der Waals surface area (Å²) < 4.78 is 5.54. The van der Waals surface area contributed by atoms with E-state index in [1.165, 1.54) is 0 Å². The number of carbonyl (C=O) groups excluding carboxylic acids is 1. The highest BCUT2D eigenvalue weighted by atomic mass is 16.5. The number of nitriles is 1. The molecule has 1 aromatic carbocycles. The molecule has 3 N–H and O–H groups in total. The number of anilines is 1. The molecule has 8 heteroatoms. The van der Waals surface area contributed by atoms with Crippen LogP contribution in [-0.4, -0.2) is 62.6 Å². The Morgan fingerprint density at radius 1 is 1.38 bits per heavy atom. The minimum absolute atomic E-state index is 0.0224. The average Bonchev–Trinajstić information content (AvgIpc) is 3.47.